The van der Waals surface area contributed by atoms with Gasteiger partial charge in [0.05, 0.1) is 29.2 Å². The van der Waals surface area contributed by atoms with Crippen molar-refractivity contribution in [3.8, 4) is 15.6 Å². The Morgan fingerprint density at radius 3 is 2.64 bits per heavy atom. The number of hydrogen-bond acceptors (Lipinski definition) is 7. The van der Waals surface area contributed by atoms with Crippen LogP contribution in [0, 0.1) is 0 Å². The summed E-state index contributed by atoms with van der Waals surface area (Å²) in [6.07, 6.45) is 0.681. The molecule has 0 amide bonds. The van der Waals surface area contributed by atoms with Gasteiger partial charge in [-0.25, -0.2) is 13.4 Å². The van der Waals surface area contributed by atoms with Gasteiger partial charge in [-0.15, -0.1) is 22.7 Å². The normalized spacial score (nSPS) is 18.6. The molecule has 0 N–H and O–H groups in total. The topological polar surface area (TPSA) is 59.5 Å². The fourth-order valence-corrected chi connectivity index (χ4v) is 6.83. The lowest BCUT2D eigenvalue weighted by Gasteiger charge is -2.27. The van der Waals surface area contributed by atoms with Crippen LogP contribution in [0.5, 0.6) is 5.75 Å². The van der Waals surface area contributed by atoms with Gasteiger partial charge in [0.1, 0.15) is 10.8 Å². The van der Waals surface area contributed by atoms with Crippen molar-refractivity contribution in [3.05, 3.63) is 58.4 Å². The predicted octanol–water partition coefficient (Wildman–Crippen LogP) is 4.07. The van der Waals surface area contributed by atoms with Crippen LogP contribution in [0.15, 0.2) is 47.2 Å². The molecule has 1 unspecified atom stereocenters. The van der Waals surface area contributed by atoms with Crippen molar-refractivity contribution in [2.24, 2.45) is 0 Å². The molecule has 1 aromatic carbocycles. The minimum atomic E-state index is -2.94. The molecule has 1 atom stereocenters. The summed E-state index contributed by atoms with van der Waals surface area (Å²) in [5, 5.41) is 5.16. The lowest BCUT2D eigenvalue weighted by Crippen LogP contribution is -2.35. The monoisotopic (exact) mass is 434 g/mol. The fourth-order valence-electron chi connectivity index (χ4n) is 3.44. The van der Waals surface area contributed by atoms with Gasteiger partial charge in [0.2, 0.25) is 0 Å². The van der Waals surface area contributed by atoms with Crippen molar-refractivity contribution in [3.63, 3.8) is 0 Å². The van der Waals surface area contributed by atoms with Crippen LogP contribution in [-0.4, -0.2) is 43.0 Å². The summed E-state index contributed by atoms with van der Waals surface area (Å²) in [4.78, 5) is 8.20. The van der Waals surface area contributed by atoms with E-state index < -0.39 is 9.84 Å². The summed E-state index contributed by atoms with van der Waals surface area (Å²) in [5.74, 6) is 1.32. The molecule has 28 heavy (non-hydrogen) atoms. The van der Waals surface area contributed by atoms with Crippen LogP contribution in [-0.2, 0) is 22.9 Å². The van der Waals surface area contributed by atoms with E-state index in [9.17, 15) is 8.42 Å². The van der Waals surface area contributed by atoms with Gasteiger partial charge in [-0.2, -0.15) is 0 Å². The Morgan fingerprint density at radius 1 is 1.18 bits per heavy atom. The summed E-state index contributed by atoms with van der Waals surface area (Å²) < 4.78 is 29.3. The summed E-state index contributed by atoms with van der Waals surface area (Å²) >= 11 is 3.32. The van der Waals surface area contributed by atoms with Gasteiger partial charge in [0.25, 0.3) is 0 Å². The van der Waals surface area contributed by atoms with E-state index in [0.29, 0.717) is 19.5 Å². The van der Waals surface area contributed by atoms with E-state index in [2.05, 4.69) is 21.7 Å². The maximum atomic E-state index is 12.0. The minimum absolute atomic E-state index is 0.0268. The van der Waals surface area contributed by atoms with Crippen LogP contribution in [0.4, 0.5) is 0 Å². The first-order valence-electron chi connectivity index (χ1n) is 9.08. The van der Waals surface area contributed by atoms with Gasteiger partial charge in [0, 0.05) is 24.5 Å². The molecule has 0 spiro atoms. The second kappa shape index (κ2) is 8.32. The molecule has 3 heterocycles. The zero-order chi connectivity index (χ0) is 19.6. The Labute approximate surface area is 173 Å². The second-order valence-electron chi connectivity index (χ2n) is 6.93. The summed E-state index contributed by atoms with van der Waals surface area (Å²) in [5.41, 5.74) is 2.13. The van der Waals surface area contributed by atoms with Crippen LogP contribution in [0.3, 0.4) is 0 Å². The van der Waals surface area contributed by atoms with Crippen LogP contribution in [0.1, 0.15) is 17.7 Å². The largest absolute Gasteiger partial charge is 0.497 e. The highest BCUT2D eigenvalue weighted by Gasteiger charge is 2.32. The molecule has 4 rings (SSSR count). The van der Waals surface area contributed by atoms with E-state index in [1.165, 1.54) is 4.88 Å². The Balaban J connectivity index is 1.54. The molecular weight excluding hydrogens is 412 g/mol. The highest BCUT2D eigenvalue weighted by atomic mass is 32.2. The second-order valence-corrected chi connectivity index (χ2v) is 11.0. The number of ether oxygens (including phenoxy) is 1. The molecule has 1 aliphatic heterocycles. The van der Waals surface area contributed by atoms with Crippen molar-refractivity contribution in [1.29, 1.82) is 0 Å². The first-order chi connectivity index (χ1) is 13.5. The average Bonchev–Trinajstić information content (AvgIpc) is 3.42. The Bertz CT molecular complexity index is 1010. The van der Waals surface area contributed by atoms with Crippen LogP contribution in [0.2, 0.25) is 0 Å². The highest BCUT2D eigenvalue weighted by molar-refractivity contribution is 7.91. The third-order valence-electron chi connectivity index (χ3n) is 4.92. The van der Waals surface area contributed by atoms with Gasteiger partial charge >= 0.3 is 0 Å². The molecule has 2 aromatic heterocycles. The molecule has 3 aromatic rings. The first-order valence-corrected chi connectivity index (χ1v) is 12.7. The van der Waals surface area contributed by atoms with Crippen molar-refractivity contribution in [2.75, 3.05) is 18.6 Å². The molecule has 1 saturated heterocycles. The summed E-state index contributed by atoms with van der Waals surface area (Å²) in [7, 11) is -1.29. The zero-order valence-corrected chi connectivity index (χ0v) is 18.0. The number of methoxy groups -OCH3 is 1. The number of benzene rings is 1. The van der Waals surface area contributed by atoms with Crippen molar-refractivity contribution in [2.45, 2.75) is 25.6 Å². The molecule has 0 saturated carbocycles. The maximum absolute atomic E-state index is 12.0. The average molecular weight is 435 g/mol. The number of rotatable bonds is 7. The molecular formula is C20H22N2O3S3. The van der Waals surface area contributed by atoms with E-state index >= 15 is 0 Å². The highest BCUT2D eigenvalue weighted by Crippen LogP contribution is 2.29. The maximum Gasteiger partial charge on any atom is 0.151 e. The van der Waals surface area contributed by atoms with E-state index in [-0.39, 0.29) is 17.5 Å². The van der Waals surface area contributed by atoms with E-state index in [4.69, 9.17) is 9.72 Å². The Kier molecular flexibility index (Phi) is 5.82. The fraction of sp³-hybridized carbons (Fsp3) is 0.350. The Morgan fingerprint density at radius 2 is 2.00 bits per heavy atom. The molecule has 0 radical (unpaired) electrons. The number of sulfone groups is 1. The molecule has 8 heteroatoms. The van der Waals surface area contributed by atoms with Gasteiger partial charge in [-0.3, -0.25) is 4.90 Å². The molecule has 148 valence electrons. The number of hydrogen-bond donors (Lipinski definition) is 0. The third-order valence-corrected chi connectivity index (χ3v) is 8.60. The lowest BCUT2D eigenvalue weighted by molar-refractivity contribution is 0.192. The minimum Gasteiger partial charge on any atom is -0.497 e. The quantitative estimate of drug-likeness (QED) is 0.561. The molecule has 1 fully saturated rings. The predicted molar refractivity (Wildman–Crippen MR) is 115 cm³/mol. The van der Waals surface area contributed by atoms with Crippen molar-refractivity contribution in [1.82, 2.24) is 9.88 Å². The number of thiophene rings is 1. The molecule has 0 aliphatic carbocycles. The SMILES string of the molecule is COc1ccc(CN(Cc2csc(-c3cccs3)n2)C2CCS(=O)(=O)C2)cc1. The van der Waals surface area contributed by atoms with Crippen molar-refractivity contribution < 1.29 is 13.2 Å². The summed E-state index contributed by atoms with van der Waals surface area (Å²) in [6.45, 7) is 1.34. The summed E-state index contributed by atoms with van der Waals surface area (Å²) in [6, 6.07) is 12.1. The van der Waals surface area contributed by atoms with Crippen LogP contribution >= 0.6 is 22.7 Å². The van der Waals surface area contributed by atoms with E-state index in [0.717, 1.165) is 22.0 Å². The number of aromatic nitrogens is 1. The van der Waals surface area contributed by atoms with E-state index in [1.807, 2.05) is 30.3 Å². The molecule has 0 bridgehead atoms. The lowest BCUT2D eigenvalue weighted by atomic mass is 10.1. The Hall–Kier alpha value is -1.74. The van der Waals surface area contributed by atoms with E-state index in [1.54, 1.807) is 29.8 Å². The number of thiazole rings is 1. The smallest absolute Gasteiger partial charge is 0.151 e. The van der Waals surface area contributed by atoms with Gasteiger partial charge in [0.15, 0.2) is 9.84 Å². The number of nitrogens with zero attached hydrogens (tertiary/aromatic N) is 2. The zero-order valence-electron chi connectivity index (χ0n) is 15.6. The van der Waals surface area contributed by atoms with Gasteiger partial charge < -0.3 is 4.74 Å². The molecule has 5 nitrogen and oxygen atoms in total. The van der Waals surface area contributed by atoms with Crippen LogP contribution in [0.25, 0.3) is 9.88 Å². The standard InChI is InChI=1S/C20H22N2O3S3/c1-25-18-6-4-15(5-7-18)11-22(17-8-10-28(23,24)14-17)12-16-13-27-20(21-16)19-3-2-9-26-19/h2-7,9,13,17H,8,10-12,14H2,1H3. The van der Waals surface area contributed by atoms with Crippen LogP contribution < -0.4 is 4.74 Å². The van der Waals surface area contributed by atoms with Gasteiger partial charge in [-0.05, 0) is 35.6 Å². The first kappa shape index (κ1) is 19.6. The third kappa shape index (κ3) is 4.63. The molecule has 1 aliphatic rings. The van der Waals surface area contributed by atoms with Crippen molar-refractivity contribution >= 4 is 32.5 Å². The van der Waals surface area contributed by atoms with Gasteiger partial charge in [-0.1, -0.05) is 18.2 Å².